The van der Waals surface area contributed by atoms with Crippen molar-refractivity contribution in [3.63, 3.8) is 0 Å². The molecule has 2 aromatic rings. The summed E-state index contributed by atoms with van der Waals surface area (Å²) in [6.45, 7) is 8.91. The van der Waals surface area contributed by atoms with Crippen LogP contribution in [-0.4, -0.2) is 76.3 Å². The van der Waals surface area contributed by atoms with Gasteiger partial charge >= 0.3 is 6.09 Å². The van der Waals surface area contributed by atoms with Crippen LogP contribution in [0.4, 0.5) is 4.79 Å². The summed E-state index contributed by atoms with van der Waals surface area (Å²) in [7, 11) is -3.82. The molecule has 40 heavy (non-hydrogen) atoms. The number of benzene rings is 1. The molecule has 4 atom stereocenters. The SMILES string of the molecule is C=C[C@@H]1C[C@]1(NC(=O)[C@@H]1C[C@@H](Oc2ncnc3ccccc23)CN1C(=O)OC(C)(C)C)C(=O)NS(=O)(=O)C1CC1. The molecule has 0 spiro atoms. The number of amides is 3. The van der Waals surface area contributed by atoms with Gasteiger partial charge in [0.25, 0.3) is 5.91 Å². The Bertz CT molecular complexity index is 1460. The first kappa shape index (κ1) is 27.8. The van der Waals surface area contributed by atoms with Crippen molar-refractivity contribution < 1.29 is 32.3 Å². The molecule has 12 nitrogen and oxygen atoms in total. The van der Waals surface area contributed by atoms with E-state index in [9.17, 15) is 22.8 Å². The van der Waals surface area contributed by atoms with Gasteiger partial charge in [0, 0.05) is 12.3 Å². The molecule has 2 N–H and O–H groups in total. The smallest absolute Gasteiger partial charge is 0.411 e. The van der Waals surface area contributed by atoms with Crippen LogP contribution in [0.5, 0.6) is 5.88 Å². The number of para-hydroxylation sites is 1. The van der Waals surface area contributed by atoms with Crippen molar-refractivity contribution in [2.24, 2.45) is 5.92 Å². The van der Waals surface area contributed by atoms with Crippen LogP contribution in [-0.2, 0) is 24.3 Å². The number of carbonyl (C=O) groups is 3. The molecule has 2 aliphatic carbocycles. The van der Waals surface area contributed by atoms with Gasteiger partial charge in [-0.3, -0.25) is 19.2 Å². The summed E-state index contributed by atoms with van der Waals surface area (Å²) in [6, 6.07) is 6.27. The van der Waals surface area contributed by atoms with Gasteiger partial charge in [0.2, 0.25) is 21.8 Å². The van der Waals surface area contributed by atoms with Gasteiger partial charge in [-0.1, -0.05) is 18.2 Å². The molecule has 1 aromatic heterocycles. The molecule has 0 radical (unpaired) electrons. The number of likely N-dealkylation sites (tertiary alicyclic amines) is 1. The number of nitrogens with one attached hydrogen (secondary N) is 2. The van der Waals surface area contributed by atoms with Crippen molar-refractivity contribution in [2.75, 3.05) is 6.54 Å². The van der Waals surface area contributed by atoms with E-state index in [1.165, 1.54) is 17.3 Å². The number of rotatable bonds is 8. The second-order valence-corrected chi connectivity index (χ2v) is 13.5. The molecule has 0 unspecified atom stereocenters. The maximum atomic E-state index is 13.7. The number of hydrogen-bond donors (Lipinski definition) is 2. The van der Waals surface area contributed by atoms with Gasteiger partial charge in [-0.05, 0) is 52.2 Å². The van der Waals surface area contributed by atoms with Gasteiger partial charge in [0.15, 0.2) is 0 Å². The molecule has 214 valence electrons. The predicted molar refractivity (Wildman–Crippen MR) is 145 cm³/mol. The first-order valence-electron chi connectivity index (χ1n) is 13.2. The molecular formula is C27H33N5O7S. The van der Waals surface area contributed by atoms with Crippen LogP contribution >= 0.6 is 0 Å². The van der Waals surface area contributed by atoms with Crippen LogP contribution in [0.15, 0.2) is 43.2 Å². The Hall–Kier alpha value is -3.74. The lowest BCUT2D eigenvalue weighted by molar-refractivity contribution is -0.131. The summed E-state index contributed by atoms with van der Waals surface area (Å²) in [5, 5.41) is 2.82. The predicted octanol–water partition coefficient (Wildman–Crippen LogP) is 2.06. The Balaban J connectivity index is 1.37. The van der Waals surface area contributed by atoms with E-state index < -0.39 is 62.4 Å². The fraction of sp³-hybridized carbons (Fsp3) is 0.519. The largest absolute Gasteiger partial charge is 0.472 e. The van der Waals surface area contributed by atoms with Crippen LogP contribution in [0, 0.1) is 5.92 Å². The minimum Gasteiger partial charge on any atom is -0.472 e. The Morgan fingerprint density at radius 3 is 2.55 bits per heavy atom. The van der Waals surface area contributed by atoms with E-state index in [0.717, 1.165) is 0 Å². The molecule has 2 saturated carbocycles. The van der Waals surface area contributed by atoms with Gasteiger partial charge in [0.05, 0.1) is 22.7 Å². The zero-order valence-electron chi connectivity index (χ0n) is 22.6. The number of hydrogen-bond acceptors (Lipinski definition) is 9. The van der Waals surface area contributed by atoms with Crippen LogP contribution < -0.4 is 14.8 Å². The van der Waals surface area contributed by atoms with E-state index in [4.69, 9.17) is 9.47 Å². The Labute approximate surface area is 232 Å². The van der Waals surface area contributed by atoms with E-state index in [1.807, 2.05) is 24.3 Å². The third-order valence-electron chi connectivity index (χ3n) is 7.23. The molecule has 3 aliphatic rings. The second kappa shape index (κ2) is 10.0. The quantitative estimate of drug-likeness (QED) is 0.453. The fourth-order valence-corrected chi connectivity index (χ4v) is 6.27. The summed E-state index contributed by atoms with van der Waals surface area (Å²) in [4.78, 5) is 49.7. The van der Waals surface area contributed by atoms with E-state index in [2.05, 4.69) is 26.6 Å². The van der Waals surface area contributed by atoms with Crippen molar-refractivity contribution in [3.05, 3.63) is 43.2 Å². The molecule has 13 heteroatoms. The average Bonchev–Trinajstić information content (AvgIpc) is 3.80. The van der Waals surface area contributed by atoms with Crippen molar-refractivity contribution in [3.8, 4) is 5.88 Å². The number of carbonyl (C=O) groups excluding carboxylic acids is 3. The van der Waals surface area contributed by atoms with Gasteiger partial charge in [-0.25, -0.2) is 23.2 Å². The molecule has 1 saturated heterocycles. The minimum atomic E-state index is -3.82. The maximum Gasteiger partial charge on any atom is 0.411 e. The third-order valence-corrected chi connectivity index (χ3v) is 9.05. The molecular weight excluding hydrogens is 538 g/mol. The number of fused-ring (bicyclic) bond motifs is 1. The van der Waals surface area contributed by atoms with Crippen LogP contribution in [0.1, 0.15) is 46.5 Å². The molecule has 5 rings (SSSR count). The number of ether oxygens (including phenoxy) is 2. The minimum absolute atomic E-state index is 0.0332. The highest BCUT2D eigenvalue weighted by atomic mass is 32.2. The topological polar surface area (TPSA) is 157 Å². The zero-order valence-corrected chi connectivity index (χ0v) is 23.4. The lowest BCUT2D eigenvalue weighted by Gasteiger charge is -2.29. The van der Waals surface area contributed by atoms with E-state index in [-0.39, 0.29) is 19.4 Å². The summed E-state index contributed by atoms with van der Waals surface area (Å²) < 4.78 is 38.7. The second-order valence-electron chi connectivity index (χ2n) is 11.5. The summed E-state index contributed by atoms with van der Waals surface area (Å²) in [5.41, 5.74) is -1.60. The van der Waals surface area contributed by atoms with Gasteiger partial charge in [-0.2, -0.15) is 0 Å². The summed E-state index contributed by atoms with van der Waals surface area (Å²) in [6.07, 6.45) is 2.83. The monoisotopic (exact) mass is 571 g/mol. The fourth-order valence-electron chi connectivity index (χ4n) is 4.90. The van der Waals surface area contributed by atoms with Gasteiger partial charge < -0.3 is 14.8 Å². The van der Waals surface area contributed by atoms with Crippen LogP contribution in [0.2, 0.25) is 0 Å². The zero-order chi connectivity index (χ0) is 28.9. The van der Waals surface area contributed by atoms with Crippen molar-refractivity contribution >= 4 is 38.8 Å². The molecule has 3 fully saturated rings. The summed E-state index contributed by atoms with van der Waals surface area (Å²) in [5.74, 6) is -1.56. The average molecular weight is 572 g/mol. The van der Waals surface area contributed by atoms with Crippen LogP contribution in [0.3, 0.4) is 0 Å². The lowest BCUT2D eigenvalue weighted by atomic mass is 10.1. The van der Waals surface area contributed by atoms with Crippen LogP contribution in [0.25, 0.3) is 10.9 Å². The highest BCUT2D eigenvalue weighted by Crippen LogP contribution is 2.45. The number of sulfonamides is 1. The molecule has 1 aliphatic heterocycles. The first-order chi connectivity index (χ1) is 18.8. The summed E-state index contributed by atoms with van der Waals surface area (Å²) >= 11 is 0. The van der Waals surface area contributed by atoms with E-state index >= 15 is 0 Å². The van der Waals surface area contributed by atoms with E-state index in [0.29, 0.717) is 29.6 Å². The van der Waals surface area contributed by atoms with Gasteiger partial charge in [-0.15, -0.1) is 6.58 Å². The Morgan fingerprint density at radius 1 is 1.18 bits per heavy atom. The molecule has 1 aromatic carbocycles. The van der Waals surface area contributed by atoms with Gasteiger partial charge in [0.1, 0.15) is 29.6 Å². The molecule has 2 heterocycles. The Morgan fingerprint density at radius 2 is 1.90 bits per heavy atom. The van der Waals surface area contributed by atoms with Crippen molar-refractivity contribution in [2.45, 2.75) is 75.0 Å². The lowest BCUT2D eigenvalue weighted by Crippen LogP contribution is -2.56. The molecule has 0 bridgehead atoms. The maximum absolute atomic E-state index is 13.7. The normalized spacial score (nSPS) is 26.2. The van der Waals surface area contributed by atoms with Crippen molar-refractivity contribution in [1.29, 1.82) is 0 Å². The number of aromatic nitrogens is 2. The van der Waals surface area contributed by atoms with Crippen molar-refractivity contribution in [1.82, 2.24) is 24.9 Å². The first-order valence-corrected chi connectivity index (χ1v) is 14.7. The third kappa shape index (κ3) is 5.60. The standard InChI is InChI=1S/C27H33N5O7S/c1-5-16-13-27(16,24(34)31-40(36,37)18-10-11-18)30-22(33)21-12-17(14-32(21)25(35)39-26(2,3)4)38-23-19-8-6-7-9-20(19)28-15-29-23/h5-9,15-18,21H,1,10-14H2,2-4H3,(H,30,33)(H,31,34)/t16-,17-,21+,27-/m1/s1. The highest BCUT2D eigenvalue weighted by molar-refractivity contribution is 7.91. The molecule has 3 amide bonds. The number of nitrogens with zero attached hydrogens (tertiary/aromatic N) is 3. The van der Waals surface area contributed by atoms with E-state index in [1.54, 1.807) is 20.8 Å². The highest BCUT2D eigenvalue weighted by Gasteiger charge is 2.62. The Kier molecular flexibility index (Phi) is 6.97.